The number of halogens is 4. The van der Waals surface area contributed by atoms with Gasteiger partial charge in [0.05, 0.1) is 11.4 Å². The van der Waals surface area contributed by atoms with E-state index < -0.39 is 34.6 Å². The largest absolute Gasteiger partial charge is 0.573 e. The van der Waals surface area contributed by atoms with Crippen molar-refractivity contribution in [3.05, 3.63) is 24.3 Å². The first-order valence-corrected chi connectivity index (χ1v) is 9.44. The highest BCUT2D eigenvalue weighted by molar-refractivity contribution is 7.89. The molecule has 0 aliphatic heterocycles. The fraction of sp³-hybridized carbons (Fsp3) is 0.533. The number of hydrogen-bond acceptors (Lipinski definition) is 5. The Morgan fingerprint density at radius 3 is 2.41 bits per heavy atom. The van der Waals surface area contributed by atoms with Crippen molar-refractivity contribution < 1.29 is 31.1 Å². The molecule has 1 aromatic carbocycles. The molecule has 0 spiro atoms. The molecule has 4 N–H and O–H groups in total. The molecule has 1 aliphatic carbocycles. The van der Waals surface area contributed by atoms with Crippen LogP contribution in [0.4, 0.5) is 13.2 Å². The summed E-state index contributed by atoms with van der Waals surface area (Å²) in [5.74, 6) is -0.851. The standard InChI is InChI=1S/C15H20F3N3O4S.ClH/c16-15(17,18)25-11-4-6-12(7-5-11)26(23,24)20-9-14(22)21-13-3-1-2-10(13)8-19;/h4-7,10,13,20H,1-3,8-9,19H2,(H,21,22);1H. The molecule has 1 fully saturated rings. The molecule has 7 nitrogen and oxygen atoms in total. The molecular weight excluding hydrogens is 411 g/mol. The number of benzene rings is 1. The van der Waals surface area contributed by atoms with Crippen molar-refractivity contribution in [2.75, 3.05) is 13.1 Å². The van der Waals surface area contributed by atoms with Gasteiger partial charge in [0, 0.05) is 6.04 Å². The Morgan fingerprint density at radius 1 is 1.22 bits per heavy atom. The van der Waals surface area contributed by atoms with Crippen LogP contribution in [0, 0.1) is 5.92 Å². The van der Waals surface area contributed by atoms with E-state index in [1.165, 1.54) is 0 Å². The van der Waals surface area contributed by atoms with Crippen LogP contribution in [0.3, 0.4) is 0 Å². The first-order valence-electron chi connectivity index (χ1n) is 7.95. The molecule has 0 aromatic heterocycles. The Kier molecular flexibility index (Phi) is 8.33. The molecule has 2 atom stereocenters. The van der Waals surface area contributed by atoms with Crippen molar-refractivity contribution in [1.82, 2.24) is 10.0 Å². The summed E-state index contributed by atoms with van der Waals surface area (Å²) >= 11 is 0. The van der Waals surface area contributed by atoms with Crippen LogP contribution in [-0.4, -0.2) is 39.8 Å². The second-order valence-corrected chi connectivity index (χ2v) is 7.71. The average molecular weight is 432 g/mol. The Bertz CT molecular complexity index is 729. The summed E-state index contributed by atoms with van der Waals surface area (Å²) < 4.78 is 66.3. The molecule has 154 valence electrons. The first kappa shape index (κ1) is 23.5. The lowest BCUT2D eigenvalue weighted by Crippen LogP contribution is -2.44. The van der Waals surface area contributed by atoms with Crippen molar-refractivity contribution in [1.29, 1.82) is 0 Å². The Balaban J connectivity index is 0.00000364. The molecule has 27 heavy (non-hydrogen) atoms. The fourth-order valence-electron chi connectivity index (χ4n) is 2.83. The third-order valence-corrected chi connectivity index (χ3v) is 5.52. The van der Waals surface area contributed by atoms with Crippen LogP contribution in [0.15, 0.2) is 29.2 Å². The third kappa shape index (κ3) is 7.17. The molecule has 0 radical (unpaired) electrons. The average Bonchev–Trinajstić information content (AvgIpc) is 2.99. The van der Waals surface area contributed by atoms with Crippen LogP contribution < -0.4 is 20.5 Å². The third-order valence-electron chi connectivity index (χ3n) is 4.10. The minimum Gasteiger partial charge on any atom is -0.406 e. The predicted octanol–water partition coefficient (Wildman–Crippen LogP) is 1.53. The lowest BCUT2D eigenvalue weighted by atomic mass is 10.0. The van der Waals surface area contributed by atoms with E-state index in [0.29, 0.717) is 6.54 Å². The molecule has 0 heterocycles. The Hall–Kier alpha value is -1.56. The smallest absolute Gasteiger partial charge is 0.406 e. The van der Waals surface area contributed by atoms with E-state index in [9.17, 15) is 26.4 Å². The molecule has 0 bridgehead atoms. The SMILES string of the molecule is Cl.NCC1CCCC1NC(=O)CNS(=O)(=O)c1ccc(OC(F)(F)F)cc1. The molecule has 1 aromatic rings. The Labute approximate surface area is 161 Å². The summed E-state index contributed by atoms with van der Waals surface area (Å²) in [6, 6.07) is 3.61. The number of carbonyl (C=O) groups is 1. The second-order valence-electron chi connectivity index (χ2n) is 5.94. The van der Waals surface area contributed by atoms with E-state index in [-0.39, 0.29) is 29.3 Å². The molecule has 1 saturated carbocycles. The van der Waals surface area contributed by atoms with Gasteiger partial charge < -0.3 is 15.8 Å². The number of nitrogens with one attached hydrogen (secondary N) is 2. The van der Waals surface area contributed by atoms with Crippen molar-refractivity contribution in [2.24, 2.45) is 11.7 Å². The van der Waals surface area contributed by atoms with Gasteiger partial charge in [0.25, 0.3) is 0 Å². The van der Waals surface area contributed by atoms with Crippen LogP contribution in [0.2, 0.25) is 0 Å². The zero-order valence-electron chi connectivity index (χ0n) is 14.2. The van der Waals surface area contributed by atoms with E-state index in [2.05, 4.69) is 14.8 Å². The first-order chi connectivity index (χ1) is 12.1. The highest BCUT2D eigenvalue weighted by atomic mass is 35.5. The number of hydrogen-bond donors (Lipinski definition) is 3. The number of carbonyl (C=O) groups excluding carboxylic acids is 1. The molecule has 1 aliphatic rings. The second kappa shape index (κ2) is 9.58. The van der Waals surface area contributed by atoms with E-state index in [1.807, 2.05) is 0 Å². The van der Waals surface area contributed by atoms with Crippen molar-refractivity contribution in [2.45, 2.75) is 36.6 Å². The van der Waals surface area contributed by atoms with Gasteiger partial charge in [-0.2, -0.15) is 0 Å². The van der Waals surface area contributed by atoms with Crippen molar-refractivity contribution >= 4 is 28.3 Å². The molecule has 12 heteroatoms. The summed E-state index contributed by atoms with van der Waals surface area (Å²) in [6.45, 7) is -0.0278. The van der Waals surface area contributed by atoms with Gasteiger partial charge in [0.2, 0.25) is 15.9 Å². The van der Waals surface area contributed by atoms with Crippen molar-refractivity contribution in [3.8, 4) is 5.75 Å². The van der Waals surface area contributed by atoms with Crippen LogP contribution >= 0.6 is 12.4 Å². The number of alkyl halides is 3. The maximum Gasteiger partial charge on any atom is 0.573 e. The van der Waals surface area contributed by atoms with E-state index in [1.54, 1.807) is 0 Å². The van der Waals surface area contributed by atoms with Gasteiger partial charge in [-0.3, -0.25) is 4.79 Å². The maximum atomic E-state index is 12.1. The van der Waals surface area contributed by atoms with Gasteiger partial charge in [-0.1, -0.05) is 6.42 Å². The van der Waals surface area contributed by atoms with E-state index in [0.717, 1.165) is 43.5 Å². The summed E-state index contributed by atoms with van der Waals surface area (Å²) in [6.07, 6.45) is -2.20. The number of nitrogens with two attached hydrogens (primary N) is 1. The lowest BCUT2D eigenvalue weighted by Gasteiger charge is -2.19. The zero-order chi connectivity index (χ0) is 19.4. The van der Waals surface area contributed by atoms with Gasteiger partial charge in [-0.25, -0.2) is 13.1 Å². The van der Waals surface area contributed by atoms with Gasteiger partial charge in [0.1, 0.15) is 5.75 Å². The summed E-state index contributed by atoms with van der Waals surface area (Å²) in [5.41, 5.74) is 5.63. The van der Waals surface area contributed by atoms with Crippen LogP contribution in [-0.2, 0) is 14.8 Å². The minimum absolute atomic E-state index is 0. The number of sulfonamides is 1. The minimum atomic E-state index is -4.86. The predicted molar refractivity (Wildman–Crippen MR) is 93.9 cm³/mol. The van der Waals surface area contributed by atoms with E-state index >= 15 is 0 Å². The number of rotatable bonds is 7. The molecule has 0 saturated heterocycles. The summed E-state index contributed by atoms with van der Waals surface area (Å²) in [5, 5.41) is 2.75. The Morgan fingerprint density at radius 2 is 1.85 bits per heavy atom. The quantitative estimate of drug-likeness (QED) is 0.606. The van der Waals surface area contributed by atoms with Gasteiger partial charge in [-0.15, -0.1) is 25.6 Å². The van der Waals surface area contributed by atoms with Crippen LogP contribution in [0.25, 0.3) is 0 Å². The maximum absolute atomic E-state index is 12.1. The van der Waals surface area contributed by atoms with E-state index in [4.69, 9.17) is 5.73 Å². The molecular formula is C15H21ClF3N3O4S. The molecule has 1 amide bonds. The molecule has 2 rings (SSSR count). The highest BCUT2D eigenvalue weighted by Crippen LogP contribution is 2.25. The normalized spacial score (nSPS) is 20.0. The van der Waals surface area contributed by atoms with Gasteiger partial charge in [0.15, 0.2) is 0 Å². The van der Waals surface area contributed by atoms with Crippen LogP contribution in [0.1, 0.15) is 19.3 Å². The monoisotopic (exact) mass is 431 g/mol. The molecule has 2 unspecified atom stereocenters. The zero-order valence-corrected chi connectivity index (χ0v) is 15.8. The fourth-order valence-corrected chi connectivity index (χ4v) is 3.81. The topological polar surface area (TPSA) is 111 Å². The van der Waals surface area contributed by atoms with Gasteiger partial charge >= 0.3 is 6.36 Å². The highest BCUT2D eigenvalue weighted by Gasteiger charge is 2.31. The number of ether oxygens (including phenoxy) is 1. The number of amides is 1. The van der Waals surface area contributed by atoms with Crippen molar-refractivity contribution in [3.63, 3.8) is 0 Å². The summed E-state index contributed by atoms with van der Waals surface area (Å²) in [7, 11) is -4.04. The lowest BCUT2D eigenvalue weighted by molar-refractivity contribution is -0.274. The van der Waals surface area contributed by atoms with Gasteiger partial charge in [-0.05, 0) is 49.6 Å². The van der Waals surface area contributed by atoms with Crippen LogP contribution in [0.5, 0.6) is 5.75 Å². The summed E-state index contributed by atoms with van der Waals surface area (Å²) in [4.78, 5) is 11.6.